The van der Waals surface area contributed by atoms with Crippen molar-refractivity contribution in [1.29, 1.82) is 0 Å². The van der Waals surface area contributed by atoms with Crippen molar-refractivity contribution in [3.63, 3.8) is 0 Å². The molecule has 0 aliphatic carbocycles. The Labute approximate surface area is 77.5 Å². The molecule has 0 fully saturated rings. The number of hydrogen-bond donors (Lipinski definition) is 0. The van der Waals surface area contributed by atoms with Crippen LogP contribution in [-0.2, 0) is 6.18 Å². The number of hydrogen-bond acceptors (Lipinski definition) is 3. The summed E-state index contributed by atoms with van der Waals surface area (Å²) in [6.07, 6.45) is -4.55. The topological polar surface area (TPSA) is 38.7 Å². The van der Waals surface area contributed by atoms with E-state index in [2.05, 4.69) is 9.91 Å². The van der Waals surface area contributed by atoms with Crippen molar-refractivity contribution in [2.24, 2.45) is 5.18 Å². The summed E-state index contributed by atoms with van der Waals surface area (Å²) in [6, 6.07) is 2.85. The Hall–Kier alpha value is -1.59. The van der Waals surface area contributed by atoms with E-state index in [0.29, 0.717) is 6.07 Å². The van der Waals surface area contributed by atoms with Gasteiger partial charge in [-0.2, -0.15) is 13.2 Å². The molecular formula is C8H6F3NO2. The molecular weight excluding hydrogens is 199 g/mol. The zero-order valence-corrected chi connectivity index (χ0v) is 7.13. The van der Waals surface area contributed by atoms with Gasteiger partial charge in [-0.3, -0.25) is 0 Å². The molecule has 76 valence electrons. The molecule has 0 saturated heterocycles. The Morgan fingerprint density at radius 3 is 2.43 bits per heavy atom. The van der Waals surface area contributed by atoms with Crippen molar-refractivity contribution >= 4 is 5.69 Å². The maximum absolute atomic E-state index is 12.3. The molecule has 0 heterocycles. The lowest BCUT2D eigenvalue weighted by Crippen LogP contribution is -2.06. The first-order valence-electron chi connectivity index (χ1n) is 3.57. The Kier molecular flexibility index (Phi) is 2.73. The van der Waals surface area contributed by atoms with E-state index in [-0.39, 0.29) is 11.4 Å². The van der Waals surface area contributed by atoms with Crippen molar-refractivity contribution in [2.75, 3.05) is 7.11 Å². The fourth-order valence-electron chi connectivity index (χ4n) is 0.974. The first-order valence-corrected chi connectivity index (χ1v) is 3.57. The van der Waals surface area contributed by atoms with Gasteiger partial charge < -0.3 is 4.74 Å². The molecule has 6 heteroatoms. The molecule has 0 atom stereocenters. The van der Waals surface area contributed by atoms with Gasteiger partial charge in [0, 0.05) is 0 Å². The van der Waals surface area contributed by atoms with Crippen molar-refractivity contribution in [2.45, 2.75) is 6.18 Å². The van der Waals surface area contributed by atoms with E-state index in [4.69, 9.17) is 0 Å². The molecule has 0 saturated carbocycles. The number of methoxy groups -OCH3 is 1. The first-order chi connectivity index (χ1) is 6.49. The first kappa shape index (κ1) is 10.5. The number of halogens is 3. The molecule has 0 radical (unpaired) electrons. The van der Waals surface area contributed by atoms with Crippen LogP contribution in [0.4, 0.5) is 18.9 Å². The Morgan fingerprint density at radius 2 is 2.00 bits per heavy atom. The van der Waals surface area contributed by atoms with Gasteiger partial charge in [-0.15, -0.1) is 4.91 Å². The summed E-state index contributed by atoms with van der Waals surface area (Å²) < 4.78 is 41.5. The van der Waals surface area contributed by atoms with Crippen LogP contribution >= 0.6 is 0 Å². The van der Waals surface area contributed by atoms with Crippen LogP contribution in [0.15, 0.2) is 23.4 Å². The quantitative estimate of drug-likeness (QED) is 0.695. The number of nitroso groups, excluding NO2 is 1. The van der Waals surface area contributed by atoms with E-state index < -0.39 is 11.7 Å². The molecule has 0 amide bonds. The van der Waals surface area contributed by atoms with E-state index in [9.17, 15) is 18.1 Å². The minimum absolute atomic E-state index is 0.280. The van der Waals surface area contributed by atoms with Gasteiger partial charge in [-0.1, -0.05) is 0 Å². The van der Waals surface area contributed by atoms with Gasteiger partial charge >= 0.3 is 6.18 Å². The zero-order chi connectivity index (χ0) is 10.8. The lowest BCUT2D eigenvalue weighted by molar-refractivity contribution is -0.138. The van der Waals surface area contributed by atoms with Crippen molar-refractivity contribution in [3.05, 3.63) is 28.7 Å². The molecule has 0 aliphatic heterocycles. The van der Waals surface area contributed by atoms with Crippen LogP contribution in [0.25, 0.3) is 0 Å². The van der Waals surface area contributed by atoms with E-state index in [1.54, 1.807) is 0 Å². The van der Waals surface area contributed by atoms with E-state index >= 15 is 0 Å². The van der Waals surface area contributed by atoms with Crippen molar-refractivity contribution in [3.8, 4) is 5.75 Å². The second-order valence-electron chi connectivity index (χ2n) is 2.47. The summed E-state index contributed by atoms with van der Waals surface area (Å²) >= 11 is 0. The minimum atomic E-state index is -4.55. The van der Waals surface area contributed by atoms with Gasteiger partial charge in [0.05, 0.1) is 12.7 Å². The predicted octanol–water partition coefficient (Wildman–Crippen LogP) is 3.11. The SMILES string of the molecule is COc1ccc(N=O)cc1C(F)(F)F. The van der Waals surface area contributed by atoms with E-state index in [1.165, 1.54) is 0 Å². The largest absolute Gasteiger partial charge is 0.496 e. The number of rotatable bonds is 2. The van der Waals surface area contributed by atoms with Crippen LogP contribution in [0, 0.1) is 4.91 Å². The van der Waals surface area contributed by atoms with Gasteiger partial charge in [-0.05, 0) is 23.4 Å². The van der Waals surface area contributed by atoms with Gasteiger partial charge in [0.25, 0.3) is 0 Å². The van der Waals surface area contributed by atoms with Crippen molar-refractivity contribution in [1.82, 2.24) is 0 Å². The normalized spacial score (nSPS) is 11.1. The second kappa shape index (κ2) is 3.65. The van der Waals surface area contributed by atoms with Crippen LogP contribution in [-0.4, -0.2) is 7.11 Å². The highest BCUT2D eigenvalue weighted by molar-refractivity contribution is 5.48. The molecule has 3 nitrogen and oxygen atoms in total. The fourth-order valence-corrected chi connectivity index (χ4v) is 0.974. The van der Waals surface area contributed by atoms with Crippen LogP contribution in [0.5, 0.6) is 5.75 Å². The van der Waals surface area contributed by atoms with Crippen LogP contribution in [0.3, 0.4) is 0 Å². The molecule has 0 aliphatic rings. The highest BCUT2D eigenvalue weighted by Gasteiger charge is 2.34. The summed E-state index contributed by atoms with van der Waals surface area (Å²) in [5.74, 6) is -0.329. The molecule has 1 aromatic rings. The number of benzene rings is 1. The highest BCUT2D eigenvalue weighted by atomic mass is 19.4. The minimum Gasteiger partial charge on any atom is -0.496 e. The van der Waals surface area contributed by atoms with Gasteiger partial charge in [-0.25, -0.2) is 0 Å². The van der Waals surface area contributed by atoms with Crippen LogP contribution < -0.4 is 4.74 Å². The summed E-state index contributed by atoms with van der Waals surface area (Å²) in [6.45, 7) is 0. The number of ether oxygens (including phenoxy) is 1. The van der Waals surface area contributed by atoms with Crippen LogP contribution in [0.2, 0.25) is 0 Å². The third kappa shape index (κ3) is 2.01. The molecule has 14 heavy (non-hydrogen) atoms. The Morgan fingerprint density at radius 1 is 1.36 bits per heavy atom. The lowest BCUT2D eigenvalue weighted by atomic mass is 10.1. The molecule has 0 spiro atoms. The highest BCUT2D eigenvalue weighted by Crippen LogP contribution is 2.38. The third-order valence-corrected chi connectivity index (χ3v) is 1.59. The summed E-state index contributed by atoms with van der Waals surface area (Å²) in [5, 5.41) is 2.41. The third-order valence-electron chi connectivity index (χ3n) is 1.59. The fraction of sp³-hybridized carbons (Fsp3) is 0.250. The van der Waals surface area contributed by atoms with Crippen molar-refractivity contribution < 1.29 is 17.9 Å². The molecule has 0 unspecified atom stereocenters. The summed E-state index contributed by atoms with van der Waals surface area (Å²) in [4.78, 5) is 10.0. The predicted molar refractivity (Wildman–Crippen MR) is 43.5 cm³/mol. The molecule has 1 aromatic carbocycles. The zero-order valence-electron chi connectivity index (χ0n) is 7.13. The van der Waals surface area contributed by atoms with Gasteiger partial charge in [0.15, 0.2) is 0 Å². The summed E-state index contributed by atoms with van der Waals surface area (Å²) in [5.41, 5.74) is -1.28. The van der Waals surface area contributed by atoms with E-state index in [1.807, 2.05) is 0 Å². The smallest absolute Gasteiger partial charge is 0.420 e. The molecule has 0 N–H and O–H groups in total. The maximum atomic E-state index is 12.3. The lowest BCUT2D eigenvalue weighted by Gasteiger charge is -2.11. The van der Waals surface area contributed by atoms with E-state index in [0.717, 1.165) is 19.2 Å². The molecule has 1 rings (SSSR count). The number of alkyl halides is 3. The second-order valence-corrected chi connectivity index (χ2v) is 2.47. The standard InChI is InChI=1S/C8H6F3NO2/c1-14-7-3-2-5(12-13)4-6(7)8(9,10)11/h2-4H,1H3. The molecule has 0 aromatic heterocycles. The van der Waals surface area contributed by atoms with Gasteiger partial charge in [0.2, 0.25) is 0 Å². The Bertz CT molecular complexity index is 349. The number of nitrogens with zero attached hydrogens (tertiary/aromatic N) is 1. The van der Waals surface area contributed by atoms with Gasteiger partial charge in [0.1, 0.15) is 11.4 Å². The Balaban J connectivity index is 3.29. The average Bonchev–Trinajstić information content (AvgIpc) is 2.15. The summed E-state index contributed by atoms with van der Waals surface area (Å²) in [7, 11) is 1.12. The monoisotopic (exact) mass is 205 g/mol. The average molecular weight is 205 g/mol. The maximum Gasteiger partial charge on any atom is 0.420 e. The molecule has 0 bridgehead atoms. The van der Waals surface area contributed by atoms with Crippen LogP contribution in [0.1, 0.15) is 5.56 Å².